The number of carbonyl (C=O) groups is 2. The molecule has 0 saturated heterocycles. The number of amides is 2. The normalized spacial score (nSPS) is 20.2. The number of fused-ring (bicyclic) bond motifs is 5. The van der Waals surface area contributed by atoms with Crippen LogP contribution in [-0.4, -0.2) is 45.2 Å². The summed E-state index contributed by atoms with van der Waals surface area (Å²) in [6.45, 7) is 3.85. The molecule has 2 aromatic carbocycles. The van der Waals surface area contributed by atoms with Crippen molar-refractivity contribution in [3.05, 3.63) is 47.0 Å². The molecule has 1 atom stereocenters. The van der Waals surface area contributed by atoms with Crippen molar-refractivity contribution in [3.8, 4) is 17.2 Å². The van der Waals surface area contributed by atoms with Crippen molar-refractivity contribution in [1.29, 1.82) is 0 Å². The van der Waals surface area contributed by atoms with E-state index in [4.69, 9.17) is 14.2 Å². The fourth-order valence-electron chi connectivity index (χ4n) is 4.98. The monoisotopic (exact) mass is 436 g/mol. The van der Waals surface area contributed by atoms with Gasteiger partial charge >= 0.3 is 0 Å². The van der Waals surface area contributed by atoms with E-state index in [2.05, 4.69) is 12.2 Å². The average Bonchev–Trinajstić information content (AvgIpc) is 3.29. The Morgan fingerprint density at radius 3 is 2.62 bits per heavy atom. The van der Waals surface area contributed by atoms with Crippen LogP contribution in [0.5, 0.6) is 17.2 Å². The molecule has 32 heavy (non-hydrogen) atoms. The zero-order chi connectivity index (χ0) is 22.3. The lowest BCUT2D eigenvalue weighted by atomic mass is 9.75. The van der Waals surface area contributed by atoms with Crippen LogP contribution in [0.4, 0.5) is 5.69 Å². The molecule has 1 spiro atoms. The molecule has 0 saturated carbocycles. The number of carbonyl (C=O) groups excluding carboxylic acids is 2. The van der Waals surface area contributed by atoms with E-state index in [0.717, 1.165) is 36.9 Å². The molecular formula is C25H28N2O5. The van der Waals surface area contributed by atoms with E-state index in [1.165, 1.54) is 0 Å². The van der Waals surface area contributed by atoms with Crippen LogP contribution in [0.15, 0.2) is 30.3 Å². The van der Waals surface area contributed by atoms with E-state index in [1.54, 1.807) is 24.1 Å². The highest BCUT2D eigenvalue weighted by Crippen LogP contribution is 2.55. The number of unbranched alkanes of at least 4 members (excludes halogenated alkanes) is 3. The number of likely N-dealkylation sites (N-methyl/N-ethyl adjacent to an activating group) is 1. The molecule has 1 unspecified atom stereocenters. The number of nitrogens with zero attached hydrogens (tertiary/aromatic N) is 1. The molecule has 5 rings (SSSR count). The van der Waals surface area contributed by atoms with Gasteiger partial charge in [0, 0.05) is 42.0 Å². The molecule has 0 radical (unpaired) electrons. The fourth-order valence-corrected chi connectivity index (χ4v) is 4.98. The smallest absolute Gasteiger partial charge is 0.251 e. The molecule has 2 amide bonds. The van der Waals surface area contributed by atoms with Gasteiger partial charge in [0.15, 0.2) is 11.5 Å². The molecule has 168 valence electrons. The van der Waals surface area contributed by atoms with Crippen molar-refractivity contribution in [3.63, 3.8) is 0 Å². The lowest BCUT2D eigenvalue weighted by molar-refractivity contribution is -0.121. The molecule has 1 N–H and O–H groups in total. The Bertz CT molecular complexity index is 1080. The fraction of sp³-hybridized carbons (Fsp3) is 0.440. The third-order valence-electron chi connectivity index (χ3n) is 6.61. The van der Waals surface area contributed by atoms with Gasteiger partial charge in [0.1, 0.15) is 31.0 Å². The average molecular weight is 437 g/mol. The van der Waals surface area contributed by atoms with Gasteiger partial charge in [0.2, 0.25) is 5.91 Å². The number of ether oxygens (including phenoxy) is 3. The summed E-state index contributed by atoms with van der Waals surface area (Å²) in [6, 6.07) is 9.14. The lowest BCUT2D eigenvalue weighted by Crippen LogP contribution is -2.42. The van der Waals surface area contributed by atoms with Gasteiger partial charge < -0.3 is 24.4 Å². The minimum Gasteiger partial charge on any atom is -0.491 e. The summed E-state index contributed by atoms with van der Waals surface area (Å²) in [5.41, 5.74) is 1.60. The number of anilines is 1. The molecule has 0 bridgehead atoms. The highest BCUT2D eigenvalue weighted by atomic mass is 16.6. The van der Waals surface area contributed by atoms with E-state index >= 15 is 0 Å². The van der Waals surface area contributed by atoms with Crippen LogP contribution in [0, 0.1) is 0 Å². The van der Waals surface area contributed by atoms with Crippen LogP contribution in [0.3, 0.4) is 0 Å². The molecule has 0 fully saturated rings. The Kier molecular flexibility index (Phi) is 5.19. The Morgan fingerprint density at radius 1 is 1.06 bits per heavy atom. The number of hydrogen-bond acceptors (Lipinski definition) is 5. The molecule has 3 aliphatic rings. The second kappa shape index (κ2) is 8.04. The molecule has 2 aromatic rings. The van der Waals surface area contributed by atoms with E-state index in [-0.39, 0.29) is 18.4 Å². The molecule has 0 aromatic heterocycles. The second-order valence-electron chi connectivity index (χ2n) is 8.57. The lowest BCUT2D eigenvalue weighted by Gasteiger charge is -2.25. The van der Waals surface area contributed by atoms with Gasteiger partial charge in [-0.1, -0.05) is 32.3 Å². The van der Waals surface area contributed by atoms with Crippen molar-refractivity contribution in [2.24, 2.45) is 0 Å². The first-order chi connectivity index (χ1) is 15.6. The van der Waals surface area contributed by atoms with Crippen molar-refractivity contribution in [2.75, 3.05) is 38.3 Å². The van der Waals surface area contributed by atoms with Crippen molar-refractivity contribution >= 4 is 17.5 Å². The van der Waals surface area contributed by atoms with Crippen LogP contribution >= 0.6 is 0 Å². The Hall–Kier alpha value is -3.22. The number of hydrogen-bond donors (Lipinski definition) is 1. The minimum atomic E-state index is -1.08. The summed E-state index contributed by atoms with van der Waals surface area (Å²) in [7, 11) is 1.75. The summed E-state index contributed by atoms with van der Waals surface area (Å²) in [5, 5.41) is 3.04. The number of benzene rings is 2. The maximum atomic E-state index is 13.7. The van der Waals surface area contributed by atoms with Crippen LogP contribution in [0.2, 0.25) is 0 Å². The highest BCUT2D eigenvalue weighted by Gasteiger charge is 2.58. The number of rotatable bonds is 6. The summed E-state index contributed by atoms with van der Waals surface area (Å²) >= 11 is 0. The van der Waals surface area contributed by atoms with E-state index < -0.39 is 5.41 Å². The van der Waals surface area contributed by atoms with Crippen molar-refractivity contribution in [1.82, 2.24) is 5.32 Å². The van der Waals surface area contributed by atoms with Gasteiger partial charge in [0.25, 0.3) is 5.91 Å². The van der Waals surface area contributed by atoms with E-state index in [1.807, 2.05) is 18.2 Å². The van der Waals surface area contributed by atoms with Crippen LogP contribution in [0.25, 0.3) is 0 Å². The summed E-state index contributed by atoms with van der Waals surface area (Å²) in [5.74, 6) is 1.54. The molecule has 3 aliphatic heterocycles. The standard InChI is InChI=1S/C25H28N2O5/c1-3-4-5-6-10-26-23(28)16-8-7-9-18-22(16)25(24(29)27(18)2)15-32-19-14-21-20(13-17(19)25)30-11-12-31-21/h7-9,13-14H,3-6,10-12,15H2,1-2H3,(H,26,28). The summed E-state index contributed by atoms with van der Waals surface area (Å²) in [6.07, 6.45) is 4.33. The predicted molar refractivity (Wildman–Crippen MR) is 120 cm³/mol. The van der Waals surface area contributed by atoms with Gasteiger partial charge in [0.05, 0.1) is 0 Å². The van der Waals surface area contributed by atoms with Gasteiger partial charge in [-0.15, -0.1) is 0 Å². The highest BCUT2D eigenvalue weighted by molar-refractivity contribution is 6.14. The molecule has 3 heterocycles. The van der Waals surface area contributed by atoms with Crippen molar-refractivity contribution in [2.45, 2.75) is 38.0 Å². The van der Waals surface area contributed by atoms with Gasteiger partial charge in [-0.2, -0.15) is 0 Å². The first-order valence-electron chi connectivity index (χ1n) is 11.3. The third-order valence-corrected chi connectivity index (χ3v) is 6.61. The molecule has 7 nitrogen and oxygen atoms in total. The summed E-state index contributed by atoms with van der Waals surface area (Å²) < 4.78 is 17.5. The predicted octanol–water partition coefficient (Wildman–Crippen LogP) is 3.42. The topological polar surface area (TPSA) is 77.1 Å². The van der Waals surface area contributed by atoms with Gasteiger partial charge in [-0.25, -0.2) is 0 Å². The molecule has 7 heteroatoms. The van der Waals surface area contributed by atoms with Crippen LogP contribution < -0.4 is 24.4 Å². The zero-order valence-corrected chi connectivity index (χ0v) is 18.5. The SMILES string of the molecule is CCCCCCNC(=O)c1cccc2c1C1(COc3cc4c(cc31)OCCO4)C(=O)N2C. The van der Waals surface area contributed by atoms with Gasteiger partial charge in [-0.3, -0.25) is 9.59 Å². The molecule has 0 aliphatic carbocycles. The van der Waals surface area contributed by atoms with Gasteiger partial charge in [-0.05, 0) is 24.6 Å². The molecular weight excluding hydrogens is 408 g/mol. The zero-order valence-electron chi connectivity index (χ0n) is 18.5. The van der Waals surface area contributed by atoms with Crippen molar-refractivity contribution < 1.29 is 23.8 Å². The maximum Gasteiger partial charge on any atom is 0.251 e. The largest absolute Gasteiger partial charge is 0.491 e. The van der Waals surface area contributed by atoms with Crippen LogP contribution in [0.1, 0.15) is 54.1 Å². The van der Waals surface area contributed by atoms with E-state index in [0.29, 0.717) is 48.1 Å². The first kappa shape index (κ1) is 20.7. The Labute approximate surface area is 187 Å². The Balaban J connectivity index is 1.56. The third kappa shape index (κ3) is 3.02. The van der Waals surface area contributed by atoms with Crippen LogP contribution in [-0.2, 0) is 10.2 Å². The second-order valence-corrected chi connectivity index (χ2v) is 8.57. The minimum absolute atomic E-state index is 0.105. The number of nitrogens with one attached hydrogen (secondary N) is 1. The maximum absolute atomic E-state index is 13.7. The first-order valence-corrected chi connectivity index (χ1v) is 11.3. The quantitative estimate of drug-likeness (QED) is 0.702. The Morgan fingerprint density at radius 2 is 1.84 bits per heavy atom. The van der Waals surface area contributed by atoms with E-state index in [9.17, 15) is 9.59 Å². The summed E-state index contributed by atoms with van der Waals surface area (Å²) in [4.78, 5) is 28.5.